The van der Waals surface area contributed by atoms with Crippen molar-refractivity contribution in [1.82, 2.24) is 10.2 Å². The number of amides is 1. The summed E-state index contributed by atoms with van der Waals surface area (Å²) in [5.74, 6) is -0.0883. The van der Waals surface area contributed by atoms with Crippen molar-refractivity contribution in [3.63, 3.8) is 0 Å². The van der Waals surface area contributed by atoms with Gasteiger partial charge in [-0.15, -0.1) is 10.2 Å². The van der Waals surface area contributed by atoms with E-state index in [9.17, 15) is 14.7 Å². The Labute approximate surface area is 221 Å². The molecule has 2 aromatic carbocycles. The Morgan fingerprint density at radius 1 is 1.14 bits per heavy atom. The summed E-state index contributed by atoms with van der Waals surface area (Å²) in [6.45, 7) is 4.04. The van der Waals surface area contributed by atoms with Crippen LogP contribution in [0.5, 0.6) is 5.75 Å². The topological polar surface area (TPSA) is 106 Å². The van der Waals surface area contributed by atoms with E-state index in [0.717, 1.165) is 5.56 Å². The molecule has 37 heavy (non-hydrogen) atoms. The largest absolute Gasteiger partial charge is 0.503 e. The first-order chi connectivity index (χ1) is 18.0. The number of nitrogens with zero attached hydrogens (tertiary/aromatic N) is 3. The Kier molecular flexibility index (Phi) is 7.11. The first kappa shape index (κ1) is 24.8. The number of Topliss-reactive ketones (excluding diaryl/α,β-unsaturated/α-hetero) is 1. The molecule has 1 aliphatic rings. The predicted molar refractivity (Wildman–Crippen MR) is 141 cm³/mol. The molecular formula is C27H23N3O5S2. The highest BCUT2D eigenvalue weighted by Crippen LogP contribution is 2.44. The highest BCUT2D eigenvalue weighted by molar-refractivity contribution is 8.00. The molecular weight excluding hydrogens is 510 g/mol. The maximum Gasteiger partial charge on any atom is 0.296 e. The normalized spacial score (nSPS) is 15.5. The fourth-order valence-electron chi connectivity index (χ4n) is 4.06. The number of carbonyl (C=O) groups is 2. The number of ether oxygens (including phenoxy) is 1. The molecule has 1 N–H and O–H groups in total. The van der Waals surface area contributed by atoms with Crippen molar-refractivity contribution in [2.75, 3.05) is 11.5 Å². The van der Waals surface area contributed by atoms with Gasteiger partial charge in [0, 0.05) is 5.75 Å². The van der Waals surface area contributed by atoms with Gasteiger partial charge in [0.2, 0.25) is 10.9 Å². The van der Waals surface area contributed by atoms with Gasteiger partial charge in [-0.1, -0.05) is 65.6 Å². The van der Waals surface area contributed by atoms with E-state index in [-0.39, 0.29) is 16.5 Å². The van der Waals surface area contributed by atoms with Crippen LogP contribution in [0.25, 0.3) is 0 Å². The Morgan fingerprint density at radius 3 is 2.68 bits per heavy atom. The number of aromatic nitrogens is 2. The van der Waals surface area contributed by atoms with Crippen LogP contribution in [0.2, 0.25) is 0 Å². The summed E-state index contributed by atoms with van der Waals surface area (Å²) < 4.78 is 11.8. The summed E-state index contributed by atoms with van der Waals surface area (Å²) in [7, 11) is 0. The maximum atomic E-state index is 13.5. The number of aliphatic hydroxyl groups excluding tert-OH is 1. The van der Waals surface area contributed by atoms with E-state index in [4.69, 9.17) is 9.15 Å². The van der Waals surface area contributed by atoms with Crippen molar-refractivity contribution in [2.45, 2.75) is 30.0 Å². The molecule has 5 rings (SSSR count). The number of furan rings is 1. The molecule has 0 spiro atoms. The minimum atomic E-state index is -0.939. The molecule has 0 saturated carbocycles. The number of aliphatic hydroxyl groups is 1. The van der Waals surface area contributed by atoms with Gasteiger partial charge in [0.25, 0.3) is 5.91 Å². The van der Waals surface area contributed by atoms with E-state index in [1.807, 2.05) is 37.3 Å². The molecule has 1 amide bonds. The van der Waals surface area contributed by atoms with Gasteiger partial charge in [0.05, 0.1) is 18.2 Å². The monoisotopic (exact) mass is 533 g/mol. The first-order valence-corrected chi connectivity index (χ1v) is 13.4. The summed E-state index contributed by atoms with van der Waals surface area (Å²) in [5.41, 5.74) is 1.64. The second-order valence-electron chi connectivity index (χ2n) is 8.21. The number of thioether (sulfide) groups is 1. The van der Waals surface area contributed by atoms with Crippen LogP contribution >= 0.6 is 23.1 Å². The SMILES string of the molecule is CCOc1cccc(C2C(C(=O)c3ccc(C)o3)=C(O)C(=O)N2c2nnc(SCc3ccccc3)s2)c1. The zero-order valence-corrected chi connectivity index (χ0v) is 21.7. The zero-order valence-electron chi connectivity index (χ0n) is 20.1. The van der Waals surface area contributed by atoms with E-state index >= 15 is 0 Å². The van der Waals surface area contributed by atoms with Gasteiger partial charge in [-0.25, -0.2) is 0 Å². The van der Waals surface area contributed by atoms with Crippen molar-refractivity contribution in [3.05, 3.63) is 101 Å². The highest BCUT2D eigenvalue weighted by atomic mass is 32.2. The number of ketones is 1. The number of rotatable bonds is 9. The van der Waals surface area contributed by atoms with E-state index < -0.39 is 23.5 Å². The lowest BCUT2D eigenvalue weighted by Crippen LogP contribution is -2.31. The van der Waals surface area contributed by atoms with Crippen molar-refractivity contribution in [2.24, 2.45) is 0 Å². The minimum absolute atomic E-state index is 0.0380. The van der Waals surface area contributed by atoms with Crippen LogP contribution in [0.1, 0.15) is 40.4 Å². The summed E-state index contributed by atoms with van der Waals surface area (Å²) in [4.78, 5) is 28.2. The van der Waals surface area contributed by atoms with E-state index in [1.165, 1.54) is 34.1 Å². The molecule has 0 bridgehead atoms. The maximum absolute atomic E-state index is 13.5. The van der Waals surface area contributed by atoms with Gasteiger partial charge in [-0.3, -0.25) is 14.5 Å². The second-order valence-corrected chi connectivity index (χ2v) is 10.4. The number of benzene rings is 2. The summed E-state index contributed by atoms with van der Waals surface area (Å²) in [5, 5.41) is 19.7. The average Bonchev–Trinajstić information content (AvgIpc) is 3.62. The third-order valence-corrected chi connectivity index (χ3v) is 7.84. The van der Waals surface area contributed by atoms with Crippen LogP contribution in [-0.2, 0) is 10.5 Å². The molecule has 1 unspecified atom stereocenters. The molecule has 0 saturated heterocycles. The van der Waals surface area contributed by atoms with Crippen LogP contribution in [0.3, 0.4) is 0 Å². The Balaban J connectivity index is 1.52. The third kappa shape index (κ3) is 5.03. The number of aryl methyl sites for hydroxylation is 1. The van der Waals surface area contributed by atoms with Gasteiger partial charge in [0.15, 0.2) is 15.9 Å². The second kappa shape index (κ2) is 10.6. The Morgan fingerprint density at radius 2 is 1.95 bits per heavy atom. The van der Waals surface area contributed by atoms with Crippen LogP contribution in [-0.4, -0.2) is 33.6 Å². The minimum Gasteiger partial charge on any atom is -0.503 e. The zero-order chi connectivity index (χ0) is 25.9. The van der Waals surface area contributed by atoms with Crippen LogP contribution in [0.15, 0.2) is 86.8 Å². The lowest BCUT2D eigenvalue weighted by molar-refractivity contribution is -0.117. The first-order valence-electron chi connectivity index (χ1n) is 11.6. The molecule has 10 heteroatoms. The predicted octanol–water partition coefficient (Wildman–Crippen LogP) is 5.91. The van der Waals surface area contributed by atoms with Crippen molar-refractivity contribution >= 4 is 39.9 Å². The number of anilines is 1. The van der Waals surface area contributed by atoms with Gasteiger partial charge < -0.3 is 14.3 Å². The van der Waals surface area contributed by atoms with Gasteiger partial charge >= 0.3 is 0 Å². The summed E-state index contributed by atoms with van der Waals surface area (Å²) in [6.07, 6.45) is 0. The number of carbonyl (C=O) groups excluding carboxylic acids is 2. The molecule has 0 aliphatic carbocycles. The van der Waals surface area contributed by atoms with Crippen molar-refractivity contribution in [1.29, 1.82) is 0 Å². The Bertz CT molecular complexity index is 1480. The quantitative estimate of drug-likeness (QED) is 0.161. The van der Waals surface area contributed by atoms with Gasteiger partial charge in [-0.2, -0.15) is 0 Å². The van der Waals surface area contributed by atoms with Crippen molar-refractivity contribution < 1.29 is 23.8 Å². The molecule has 1 atom stereocenters. The fourth-order valence-corrected chi connectivity index (χ4v) is 5.88. The lowest BCUT2D eigenvalue weighted by atomic mass is 9.95. The van der Waals surface area contributed by atoms with Crippen molar-refractivity contribution in [3.8, 4) is 5.75 Å². The third-order valence-electron chi connectivity index (χ3n) is 5.71. The molecule has 8 nitrogen and oxygen atoms in total. The number of hydrogen-bond acceptors (Lipinski definition) is 9. The average molecular weight is 534 g/mol. The van der Waals surface area contributed by atoms with Gasteiger partial charge in [0.1, 0.15) is 11.5 Å². The molecule has 0 fully saturated rings. The smallest absolute Gasteiger partial charge is 0.296 e. The van der Waals surface area contributed by atoms with E-state index in [0.29, 0.717) is 33.8 Å². The molecule has 4 aromatic rings. The number of hydrogen-bond donors (Lipinski definition) is 1. The lowest BCUT2D eigenvalue weighted by Gasteiger charge is -2.24. The summed E-state index contributed by atoms with van der Waals surface area (Å²) >= 11 is 2.72. The molecule has 0 radical (unpaired) electrons. The van der Waals surface area contributed by atoms with Crippen LogP contribution < -0.4 is 9.64 Å². The standard InChI is InChI=1S/C27H23N3O5S2/c1-3-34-19-11-7-10-18(14-19)22-21(23(31)20-13-12-16(2)35-20)24(32)25(33)30(22)26-28-29-27(37-26)36-15-17-8-5-4-6-9-17/h4-14,22,32H,3,15H2,1-2H3. The van der Waals surface area contributed by atoms with Crippen LogP contribution in [0, 0.1) is 6.92 Å². The van der Waals surface area contributed by atoms with E-state index in [2.05, 4.69) is 10.2 Å². The van der Waals surface area contributed by atoms with Gasteiger partial charge in [-0.05, 0) is 49.2 Å². The van der Waals surface area contributed by atoms with E-state index in [1.54, 1.807) is 37.3 Å². The molecule has 1 aliphatic heterocycles. The fraction of sp³-hybridized carbons (Fsp3) is 0.185. The highest BCUT2D eigenvalue weighted by Gasteiger charge is 2.46. The Hall–Kier alpha value is -3.89. The molecule has 3 heterocycles. The molecule has 188 valence electrons. The summed E-state index contributed by atoms with van der Waals surface area (Å²) in [6, 6.07) is 19.3. The van der Waals surface area contributed by atoms with Crippen LogP contribution in [0.4, 0.5) is 5.13 Å². The molecule has 2 aromatic heterocycles.